The third-order valence-corrected chi connectivity index (χ3v) is 4.10. The number of amides is 1. The third kappa shape index (κ3) is 3.75. The second-order valence-electron chi connectivity index (χ2n) is 5.69. The van der Waals surface area contributed by atoms with Gasteiger partial charge in [-0.3, -0.25) is 24.8 Å². The van der Waals surface area contributed by atoms with Gasteiger partial charge < -0.3 is 4.90 Å². The van der Waals surface area contributed by atoms with Crippen LogP contribution in [0.2, 0.25) is 0 Å². The van der Waals surface area contributed by atoms with E-state index in [9.17, 15) is 14.9 Å². The van der Waals surface area contributed by atoms with Gasteiger partial charge in [0.1, 0.15) is 0 Å². The monoisotopic (exact) mass is 326 g/mol. The first-order valence-corrected chi connectivity index (χ1v) is 7.79. The molecule has 1 fully saturated rings. The molecule has 0 atom stereocenters. The molecule has 3 rings (SSSR count). The van der Waals surface area contributed by atoms with Crippen molar-refractivity contribution in [2.45, 2.75) is 6.54 Å². The van der Waals surface area contributed by atoms with Gasteiger partial charge >= 0.3 is 0 Å². The maximum absolute atomic E-state index is 12.5. The van der Waals surface area contributed by atoms with E-state index in [1.165, 1.54) is 24.3 Å². The van der Waals surface area contributed by atoms with E-state index in [2.05, 4.69) is 9.88 Å². The van der Waals surface area contributed by atoms with E-state index in [1.807, 2.05) is 18.2 Å². The number of nitro groups is 1. The van der Waals surface area contributed by atoms with Gasteiger partial charge in [0.25, 0.3) is 11.6 Å². The molecule has 1 aliphatic rings. The van der Waals surface area contributed by atoms with E-state index in [0.29, 0.717) is 18.7 Å². The Labute approximate surface area is 139 Å². The van der Waals surface area contributed by atoms with Crippen LogP contribution >= 0.6 is 0 Å². The number of hydrogen-bond acceptors (Lipinski definition) is 5. The van der Waals surface area contributed by atoms with Crippen LogP contribution in [0.15, 0.2) is 48.7 Å². The van der Waals surface area contributed by atoms with Crippen LogP contribution in [0.4, 0.5) is 5.69 Å². The summed E-state index contributed by atoms with van der Waals surface area (Å²) < 4.78 is 0. The molecule has 0 unspecified atom stereocenters. The van der Waals surface area contributed by atoms with Crippen molar-refractivity contribution < 1.29 is 9.72 Å². The zero-order valence-corrected chi connectivity index (χ0v) is 13.2. The molecule has 1 saturated heterocycles. The van der Waals surface area contributed by atoms with Crippen molar-refractivity contribution in [2.75, 3.05) is 26.2 Å². The second kappa shape index (κ2) is 7.18. The Morgan fingerprint density at radius 1 is 1.08 bits per heavy atom. The van der Waals surface area contributed by atoms with E-state index >= 15 is 0 Å². The molecule has 0 spiro atoms. The lowest BCUT2D eigenvalue weighted by Gasteiger charge is -2.34. The van der Waals surface area contributed by atoms with Gasteiger partial charge in [0.05, 0.1) is 10.6 Å². The van der Waals surface area contributed by atoms with Gasteiger partial charge in [-0.2, -0.15) is 0 Å². The topological polar surface area (TPSA) is 79.6 Å². The number of aromatic nitrogens is 1. The van der Waals surface area contributed by atoms with Crippen LogP contribution in [-0.4, -0.2) is 51.8 Å². The second-order valence-corrected chi connectivity index (χ2v) is 5.69. The molecule has 124 valence electrons. The van der Waals surface area contributed by atoms with Crippen LogP contribution in [0.1, 0.15) is 16.1 Å². The van der Waals surface area contributed by atoms with Gasteiger partial charge in [0.2, 0.25) is 0 Å². The predicted molar refractivity (Wildman–Crippen MR) is 88.5 cm³/mol. The molecular formula is C17H18N4O3. The highest BCUT2D eigenvalue weighted by molar-refractivity contribution is 5.94. The Hall–Kier alpha value is -2.80. The highest BCUT2D eigenvalue weighted by atomic mass is 16.6. The number of carbonyl (C=O) groups excluding carboxylic acids is 1. The Kier molecular flexibility index (Phi) is 4.81. The largest absolute Gasteiger partial charge is 0.336 e. The summed E-state index contributed by atoms with van der Waals surface area (Å²) in [6.07, 6.45) is 1.78. The summed E-state index contributed by atoms with van der Waals surface area (Å²) >= 11 is 0. The molecule has 0 N–H and O–H groups in total. The SMILES string of the molecule is O=C(c1ccc([N+](=O)[O-])cc1)N1CCN(Cc2ccccn2)CC1. The minimum Gasteiger partial charge on any atom is -0.336 e. The Morgan fingerprint density at radius 3 is 2.38 bits per heavy atom. The summed E-state index contributed by atoms with van der Waals surface area (Å²) in [6.45, 7) is 3.64. The van der Waals surface area contributed by atoms with Gasteiger partial charge in [0.15, 0.2) is 0 Å². The fourth-order valence-corrected chi connectivity index (χ4v) is 2.74. The molecule has 0 saturated carbocycles. The zero-order valence-electron chi connectivity index (χ0n) is 13.2. The Morgan fingerprint density at radius 2 is 1.79 bits per heavy atom. The number of piperazine rings is 1. The van der Waals surface area contributed by atoms with Crippen LogP contribution in [0.5, 0.6) is 0 Å². The van der Waals surface area contributed by atoms with Crippen molar-refractivity contribution >= 4 is 11.6 Å². The Balaban J connectivity index is 1.56. The molecular weight excluding hydrogens is 308 g/mol. The van der Waals surface area contributed by atoms with Crippen molar-refractivity contribution in [3.8, 4) is 0 Å². The lowest BCUT2D eigenvalue weighted by Crippen LogP contribution is -2.48. The quantitative estimate of drug-likeness (QED) is 0.634. The molecule has 24 heavy (non-hydrogen) atoms. The number of benzene rings is 1. The van der Waals surface area contributed by atoms with E-state index in [1.54, 1.807) is 11.1 Å². The average molecular weight is 326 g/mol. The zero-order chi connectivity index (χ0) is 16.9. The summed E-state index contributed by atoms with van der Waals surface area (Å²) in [4.78, 5) is 31.0. The van der Waals surface area contributed by atoms with Gasteiger partial charge in [-0.25, -0.2) is 0 Å². The van der Waals surface area contributed by atoms with Gasteiger partial charge in [-0.15, -0.1) is 0 Å². The fraction of sp³-hybridized carbons (Fsp3) is 0.294. The molecule has 2 heterocycles. The molecule has 2 aromatic rings. The van der Waals surface area contributed by atoms with Crippen molar-refractivity contribution in [3.05, 3.63) is 70.0 Å². The number of rotatable bonds is 4. The maximum Gasteiger partial charge on any atom is 0.269 e. The molecule has 1 amide bonds. The standard InChI is InChI=1S/C17H18N4O3/c22-17(14-4-6-16(7-5-14)21(23)24)20-11-9-19(10-12-20)13-15-3-1-2-8-18-15/h1-8H,9-13H2. The minimum atomic E-state index is -0.468. The number of carbonyl (C=O) groups is 1. The normalized spacial score (nSPS) is 15.2. The van der Waals surface area contributed by atoms with Crippen molar-refractivity contribution in [1.29, 1.82) is 0 Å². The van der Waals surface area contributed by atoms with Gasteiger partial charge in [-0.05, 0) is 24.3 Å². The number of hydrogen-bond donors (Lipinski definition) is 0. The number of nitro benzene ring substituents is 1. The first kappa shape index (κ1) is 16.1. The molecule has 1 aromatic heterocycles. The predicted octanol–water partition coefficient (Wildman–Crippen LogP) is 1.95. The summed E-state index contributed by atoms with van der Waals surface area (Å²) in [7, 11) is 0. The highest BCUT2D eigenvalue weighted by Gasteiger charge is 2.22. The first-order valence-electron chi connectivity index (χ1n) is 7.79. The average Bonchev–Trinajstić information content (AvgIpc) is 2.63. The van der Waals surface area contributed by atoms with Crippen LogP contribution in [-0.2, 0) is 6.54 Å². The van der Waals surface area contributed by atoms with Crippen molar-refractivity contribution in [2.24, 2.45) is 0 Å². The van der Waals surface area contributed by atoms with Crippen LogP contribution in [0.3, 0.4) is 0 Å². The van der Waals surface area contributed by atoms with E-state index in [-0.39, 0.29) is 11.6 Å². The number of nitrogens with zero attached hydrogens (tertiary/aromatic N) is 4. The highest BCUT2D eigenvalue weighted by Crippen LogP contribution is 2.15. The lowest BCUT2D eigenvalue weighted by molar-refractivity contribution is -0.384. The van der Waals surface area contributed by atoms with Gasteiger partial charge in [-0.1, -0.05) is 6.07 Å². The molecule has 0 bridgehead atoms. The summed E-state index contributed by atoms with van der Waals surface area (Å²) in [5.41, 5.74) is 1.50. The summed E-state index contributed by atoms with van der Waals surface area (Å²) in [5.74, 6) is -0.0811. The van der Waals surface area contributed by atoms with Crippen molar-refractivity contribution in [3.63, 3.8) is 0 Å². The van der Waals surface area contributed by atoms with E-state index in [0.717, 1.165) is 25.3 Å². The van der Waals surface area contributed by atoms with E-state index in [4.69, 9.17) is 0 Å². The number of pyridine rings is 1. The fourth-order valence-electron chi connectivity index (χ4n) is 2.74. The molecule has 0 radical (unpaired) electrons. The Bertz CT molecular complexity index is 710. The van der Waals surface area contributed by atoms with Gasteiger partial charge in [0, 0.05) is 56.6 Å². The third-order valence-electron chi connectivity index (χ3n) is 4.10. The molecule has 7 heteroatoms. The van der Waals surface area contributed by atoms with Crippen LogP contribution < -0.4 is 0 Å². The first-order chi connectivity index (χ1) is 11.6. The molecule has 1 aromatic carbocycles. The number of non-ortho nitro benzene ring substituents is 1. The van der Waals surface area contributed by atoms with Crippen LogP contribution in [0, 0.1) is 10.1 Å². The molecule has 7 nitrogen and oxygen atoms in total. The smallest absolute Gasteiger partial charge is 0.269 e. The lowest BCUT2D eigenvalue weighted by atomic mass is 10.1. The summed E-state index contributed by atoms with van der Waals surface area (Å²) in [6, 6.07) is 11.6. The summed E-state index contributed by atoms with van der Waals surface area (Å²) in [5, 5.41) is 10.7. The van der Waals surface area contributed by atoms with Crippen molar-refractivity contribution in [1.82, 2.24) is 14.8 Å². The molecule has 1 aliphatic heterocycles. The van der Waals surface area contributed by atoms with E-state index < -0.39 is 4.92 Å². The van der Waals surface area contributed by atoms with Crippen LogP contribution in [0.25, 0.3) is 0 Å². The maximum atomic E-state index is 12.5. The minimum absolute atomic E-state index is 0.00766. The molecule has 0 aliphatic carbocycles.